The molecule has 1 heterocycles. The molecule has 0 unspecified atom stereocenters. The van der Waals surface area contributed by atoms with Crippen molar-refractivity contribution in [1.82, 2.24) is 10.2 Å². The first-order valence-corrected chi connectivity index (χ1v) is 5.79. The average molecular weight is 210 g/mol. The summed E-state index contributed by atoms with van der Waals surface area (Å²) in [6.07, 6.45) is 3.75. The van der Waals surface area contributed by atoms with Crippen molar-refractivity contribution >= 4 is 5.91 Å². The summed E-state index contributed by atoms with van der Waals surface area (Å²) in [4.78, 5) is 14.1. The van der Waals surface area contributed by atoms with Crippen LogP contribution in [0, 0.1) is 5.92 Å². The molecule has 3 heteroatoms. The highest BCUT2D eigenvalue weighted by molar-refractivity contribution is 5.79. The van der Waals surface area contributed by atoms with Gasteiger partial charge < -0.3 is 10.2 Å². The molecule has 0 atom stereocenters. The van der Waals surface area contributed by atoms with Crippen molar-refractivity contribution in [3.8, 4) is 0 Å². The molecule has 15 heavy (non-hydrogen) atoms. The molecule has 0 aromatic carbocycles. The first-order chi connectivity index (χ1) is 7.16. The van der Waals surface area contributed by atoms with E-state index in [1.165, 1.54) is 0 Å². The summed E-state index contributed by atoms with van der Waals surface area (Å²) in [5, 5.41) is 3.28. The van der Waals surface area contributed by atoms with Crippen LogP contribution in [0.2, 0.25) is 0 Å². The van der Waals surface area contributed by atoms with Crippen molar-refractivity contribution in [3.63, 3.8) is 0 Å². The maximum atomic E-state index is 12.2. The van der Waals surface area contributed by atoms with Crippen molar-refractivity contribution in [1.29, 1.82) is 0 Å². The highest BCUT2D eigenvalue weighted by Crippen LogP contribution is 2.16. The highest BCUT2D eigenvalue weighted by atomic mass is 16.2. The van der Waals surface area contributed by atoms with Gasteiger partial charge in [-0.1, -0.05) is 6.08 Å². The van der Waals surface area contributed by atoms with Gasteiger partial charge in [-0.15, -0.1) is 6.58 Å². The molecular weight excluding hydrogens is 188 g/mol. The van der Waals surface area contributed by atoms with Crippen LogP contribution in [0.5, 0.6) is 0 Å². The largest absolute Gasteiger partial charge is 0.336 e. The van der Waals surface area contributed by atoms with Crippen molar-refractivity contribution in [2.24, 2.45) is 5.92 Å². The monoisotopic (exact) mass is 210 g/mol. The Balaban J connectivity index is 2.57. The number of nitrogens with zero attached hydrogens (tertiary/aromatic N) is 1. The summed E-state index contributed by atoms with van der Waals surface area (Å²) in [5.74, 6) is 0.514. The minimum Gasteiger partial charge on any atom is -0.336 e. The predicted octanol–water partition coefficient (Wildman–Crippen LogP) is 1.41. The summed E-state index contributed by atoms with van der Waals surface area (Å²) in [5.41, 5.74) is 0. The van der Waals surface area contributed by atoms with E-state index in [4.69, 9.17) is 0 Å². The molecule has 1 N–H and O–H groups in total. The molecule has 1 rings (SSSR count). The first-order valence-electron chi connectivity index (χ1n) is 5.79. The number of carbonyl (C=O) groups is 1. The second-order valence-corrected chi connectivity index (χ2v) is 4.40. The van der Waals surface area contributed by atoms with E-state index in [9.17, 15) is 4.79 Å². The summed E-state index contributed by atoms with van der Waals surface area (Å²) >= 11 is 0. The zero-order chi connectivity index (χ0) is 11.3. The van der Waals surface area contributed by atoms with Crippen molar-refractivity contribution < 1.29 is 4.79 Å². The fourth-order valence-electron chi connectivity index (χ4n) is 2.00. The lowest BCUT2D eigenvalue weighted by atomic mass is 9.96. The summed E-state index contributed by atoms with van der Waals surface area (Å²) < 4.78 is 0. The van der Waals surface area contributed by atoms with E-state index >= 15 is 0 Å². The Bertz CT molecular complexity index is 220. The Morgan fingerprint density at radius 3 is 2.60 bits per heavy atom. The fraction of sp³-hybridized carbons (Fsp3) is 0.750. The van der Waals surface area contributed by atoms with Gasteiger partial charge >= 0.3 is 0 Å². The van der Waals surface area contributed by atoms with Gasteiger partial charge in [0.1, 0.15) is 0 Å². The summed E-state index contributed by atoms with van der Waals surface area (Å²) in [6, 6.07) is 0.269. The van der Waals surface area contributed by atoms with Crippen LogP contribution in [0.4, 0.5) is 0 Å². The molecule has 0 spiro atoms. The van der Waals surface area contributed by atoms with Crippen LogP contribution in [0.3, 0.4) is 0 Å². The van der Waals surface area contributed by atoms with Gasteiger partial charge in [0.25, 0.3) is 0 Å². The number of hydrogen-bond acceptors (Lipinski definition) is 2. The van der Waals surface area contributed by atoms with E-state index in [1.54, 1.807) is 6.08 Å². The molecule has 1 aliphatic heterocycles. The van der Waals surface area contributed by atoms with E-state index in [0.29, 0.717) is 12.5 Å². The van der Waals surface area contributed by atoms with Gasteiger partial charge in [0, 0.05) is 18.5 Å². The van der Waals surface area contributed by atoms with Gasteiger partial charge in [-0.05, 0) is 39.8 Å². The molecule has 0 saturated carbocycles. The Hall–Kier alpha value is -0.830. The van der Waals surface area contributed by atoms with E-state index in [2.05, 4.69) is 25.7 Å². The lowest BCUT2D eigenvalue weighted by molar-refractivity contribution is -0.137. The number of nitrogens with one attached hydrogen (secondary N) is 1. The number of carbonyl (C=O) groups excluding carboxylic acids is 1. The molecule has 1 saturated heterocycles. The Labute approximate surface area is 92.5 Å². The molecule has 0 aromatic rings. The number of piperidine rings is 1. The molecule has 86 valence electrons. The zero-order valence-electron chi connectivity index (χ0n) is 9.83. The molecule has 0 radical (unpaired) electrons. The van der Waals surface area contributed by atoms with Crippen LogP contribution < -0.4 is 5.32 Å². The molecule has 0 aliphatic carbocycles. The molecule has 0 aromatic heterocycles. The minimum atomic E-state index is 0.216. The lowest BCUT2D eigenvalue weighted by Gasteiger charge is -2.31. The highest BCUT2D eigenvalue weighted by Gasteiger charge is 2.26. The average Bonchev–Trinajstić information content (AvgIpc) is 2.26. The third-order valence-electron chi connectivity index (χ3n) is 2.92. The Morgan fingerprint density at radius 1 is 1.53 bits per heavy atom. The van der Waals surface area contributed by atoms with Crippen LogP contribution in [0.15, 0.2) is 12.7 Å². The molecule has 3 nitrogen and oxygen atoms in total. The molecule has 1 amide bonds. The van der Waals surface area contributed by atoms with Gasteiger partial charge in [-0.2, -0.15) is 0 Å². The van der Waals surface area contributed by atoms with Crippen LogP contribution in [0.25, 0.3) is 0 Å². The lowest BCUT2D eigenvalue weighted by Crippen LogP contribution is -2.44. The Kier molecular flexibility index (Phi) is 4.82. The van der Waals surface area contributed by atoms with Crippen LogP contribution in [0.1, 0.15) is 26.7 Å². The normalized spacial score (nSPS) is 17.8. The van der Waals surface area contributed by atoms with Gasteiger partial charge in [0.05, 0.1) is 0 Å². The van der Waals surface area contributed by atoms with E-state index in [0.717, 1.165) is 25.9 Å². The smallest absolute Gasteiger partial charge is 0.226 e. The zero-order valence-corrected chi connectivity index (χ0v) is 9.83. The van der Waals surface area contributed by atoms with Crippen molar-refractivity contribution in [2.45, 2.75) is 32.7 Å². The van der Waals surface area contributed by atoms with E-state index < -0.39 is 0 Å². The number of hydrogen-bond donors (Lipinski definition) is 1. The summed E-state index contributed by atoms with van der Waals surface area (Å²) in [6.45, 7) is 10.4. The minimum absolute atomic E-state index is 0.216. The summed E-state index contributed by atoms with van der Waals surface area (Å²) in [7, 11) is 0. The third kappa shape index (κ3) is 3.34. The molecule has 1 aliphatic rings. The van der Waals surface area contributed by atoms with Crippen molar-refractivity contribution in [3.05, 3.63) is 12.7 Å². The first kappa shape index (κ1) is 12.2. The van der Waals surface area contributed by atoms with Gasteiger partial charge in [-0.25, -0.2) is 0 Å². The topological polar surface area (TPSA) is 32.3 Å². The Morgan fingerprint density at radius 2 is 2.13 bits per heavy atom. The third-order valence-corrected chi connectivity index (χ3v) is 2.92. The van der Waals surface area contributed by atoms with Crippen LogP contribution in [-0.2, 0) is 4.79 Å². The quantitative estimate of drug-likeness (QED) is 0.712. The van der Waals surface area contributed by atoms with E-state index in [1.807, 2.05) is 4.90 Å². The molecular formula is C12H22N2O. The standard InChI is InChI=1S/C12H22N2O/c1-4-9-14(10(2)3)12(15)11-5-7-13-8-6-11/h4,10-11,13H,1,5-9H2,2-3H3. The van der Waals surface area contributed by atoms with E-state index in [-0.39, 0.29) is 12.0 Å². The second-order valence-electron chi connectivity index (χ2n) is 4.40. The SMILES string of the molecule is C=CCN(C(=O)C1CCNCC1)C(C)C. The van der Waals surface area contributed by atoms with Gasteiger partial charge in [0.2, 0.25) is 5.91 Å². The van der Waals surface area contributed by atoms with Crippen molar-refractivity contribution in [2.75, 3.05) is 19.6 Å². The number of rotatable bonds is 4. The van der Waals surface area contributed by atoms with Crippen LogP contribution >= 0.6 is 0 Å². The second kappa shape index (κ2) is 5.91. The van der Waals surface area contributed by atoms with Crippen LogP contribution in [-0.4, -0.2) is 36.5 Å². The van der Waals surface area contributed by atoms with Gasteiger partial charge in [0.15, 0.2) is 0 Å². The molecule has 1 fully saturated rings. The van der Waals surface area contributed by atoms with Gasteiger partial charge in [-0.3, -0.25) is 4.79 Å². The number of amides is 1. The fourth-order valence-corrected chi connectivity index (χ4v) is 2.00. The predicted molar refractivity (Wildman–Crippen MR) is 62.6 cm³/mol. The maximum absolute atomic E-state index is 12.2. The maximum Gasteiger partial charge on any atom is 0.226 e. The molecule has 0 bridgehead atoms.